The van der Waals surface area contributed by atoms with Crippen LogP contribution >= 0.6 is 23.2 Å². The standard InChI is InChI=1S/C18H17Cl2N7/c19-13-3-1-2-10(15(13)20)6-7-18(22)25-16(24-17(21)26-18)11-4-5-12-9-23-27-14(12)8-11/h1-5,8-9H,6-7,22H2,(H,23,27)(H3,21,24,25,26). The van der Waals surface area contributed by atoms with Gasteiger partial charge in [0.15, 0.2) is 5.96 Å². The van der Waals surface area contributed by atoms with E-state index < -0.39 is 5.79 Å². The van der Waals surface area contributed by atoms with Crippen molar-refractivity contribution >= 4 is 45.9 Å². The molecule has 0 saturated carbocycles. The minimum atomic E-state index is -1.20. The molecule has 7 nitrogen and oxygen atoms in total. The van der Waals surface area contributed by atoms with Crippen molar-refractivity contribution in [3.05, 3.63) is 63.8 Å². The molecule has 1 atom stereocenters. The van der Waals surface area contributed by atoms with Crippen molar-refractivity contribution in [3.8, 4) is 0 Å². The number of aromatic nitrogens is 2. The molecule has 27 heavy (non-hydrogen) atoms. The van der Waals surface area contributed by atoms with Gasteiger partial charge in [0.1, 0.15) is 5.84 Å². The minimum absolute atomic E-state index is 0.212. The number of aromatic amines is 1. The highest BCUT2D eigenvalue weighted by atomic mass is 35.5. The Kier molecular flexibility index (Phi) is 4.51. The largest absolute Gasteiger partial charge is 0.370 e. The fourth-order valence-corrected chi connectivity index (χ4v) is 3.41. The van der Waals surface area contributed by atoms with E-state index in [-0.39, 0.29) is 5.96 Å². The molecule has 1 aliphatic rings. The van der Waals surface area contributed by atoms with Gasteiger partial charge in [-0.25, -0.2) is 9.98 Å². The third kappa shape index (κ3) is 3.62. The quantitative estimate of drug-likeness (QED) is 0.537. The molecule has 2 aromatic carbocycles. The van der Waals surface area contributed by atoms with Gasteiger partial charge in [-0.2, -0.15) is 5.10 Å². The molecule has 1 unspecified atom stereocenters. The number of hydrogen-bond acceptors (Lipinski definition) is 6. The van der Waals surface area contributed by atoms with Crippen LogP contribution in [-0.4, -0.2) is 27.8 Å². The van der Waals surface area contributed by atoms with Crippen LogP contribution in [0.4, 0.5) is 0 Å². The maximum atomic E-state index is 6.41. The molecule has 9 heteroatoms. The van der Waals surface area contributed by atoms with Crippen LogP contribution in [0.5, 0.6) is 0 Å². The van der Waals surface area contributed by atoms with E-state index in [1.807, 2.05) is 30.3 Å². The van der Waals surface area contributed by atoms with E-state index in [2.05, 4.69) is 25.5 Å². The van der Waals surface area contributed by atoms with Crippen LogP contribution in [0.3, 0.4) is 0 Å². The van der Waals surface area contributed by atoms with Gasteiger partial charge < -0.3 is 11.1 Å². The van der Waals surface area contributed by atoms with Crippen LogP contribution in [0.1, 0.15) is 17.5 Å². The first-order valence-electron chi connectivity index (χ1n) is 8.31. The average molecular weight is 402 g/mol. The van der Waals surface area contributed by atoms with E-state index in [0.29, 0.717) is 28.7 Å². The average Bonchev–Trinajstić information content (AvgIpc) is 3.10. The van der Waals surface area contributed by atoms with E-state index in [0.717, 1.165) is 22.0 Å². The number of halogens is 2. The zero-order valence-electron chi connectivity index (χ0n) is 14.2. The summed E-state index contributed by atoms with van der Waals surface area (Å²) in [4.78, 5) is 8.88. The number of H-pyrrole nitrogens is 1. The van der Waals surface area contributed by atoms with E-state index in [4.69, 9.17) is 34.7 Å². The van der Waals surface area contributed by atoms with E-state index in [1.54, 1.807) is 12.3 Å². The zero-order valence-corrected chi connectivity index (χ0v) is 15.7. The van der Waals surface area contributed by atoms with Gasteiger partial charge >= 0.3 is 0 Å². The van der Waals surface area contributed by atoms with Crippen molar-refractivity contribution in [2.75, 3.05) is 0 Å². The molecular weight excluding hydrogens is 385 g/mol. The number of benzene rings is 2. The molecule has 0 saturated heterocycles. The first kappa shape index (κ1) is 17.8. The minimum Gasteiger partial charge on any atom is -0.370 e. The van der Waals surface area contributed by atoms with E-state index >= 15 is 0 Å². The first-order chi connectivity index (χ1) is 12.9. The molecule has 0 aliphatic carbocycles. The lowest BCUT2D eigenvalue weighted by atomic mass is 10.1. The van der Waals surface area contributed by atoms with Gasteiger partial charge in [-0.05, 0) is 24.1 Å². The predicted molar refractivity (Wildman–Crippen MR) is 109 cm³/mol. The summed E-state index contributed by atoms with van der Waals surface area (Å²) in [5.74, 6) is -0.428. The maximum Gasteiger partial charge on any atom is 0.208 e. The number of fused-ring (bicyclic) bond motifs is 1. The Morgan fingerprint density at radius 1 is 1.11 bits per heavy atom. The Morgan fingerprint density at radius 2 is 1.96 bits per heavy atom. The highest BCUT2D eigenvalue weighted by Gasteiger charge is 2.29. The summed E-state index contributed by atoms with van der Waals surface area (Å²) in [6.07, 6.45) is 2.74. The molecule has 3 aromatic rings. The Hall–Kier alpha value is -2.61. The highest BCUT2D eigenvalue weighted by Crippen LogP contribution is 2.28. The number of aliphatic imine (C=N–C) groups is 2. The molecule has 4 rings (SSSR count). The van der Waals surface area contributed by atoms with E-state index in [9.17, 15) is 0 Å². The van der Waals surface area contributed by atoms with Crippen molar-refractivity contribution in [1.82, 2.24) is 15.5 Å². The molecule has 0 spiro atoms. The fourth-order valence-electron chi connectivity index (χ4n) is 3.00. The smallest absolute Gasteiger partial charge is 0.208 e. The van der Waals surface area contributed by atoms with Crippen molar-refractivity contribution in [2.24, 2.45) is 21.5 Å². The molecule has 0 bridgehead atoms. The fraction of sp³-hybridized carbons (Fsp3) is 0.167. The third-order valence-corrected chi connectivity index (χ3v) is 5.23. The van der Waals surface area contributed by atoms with E-state index in [1.165, 1.54) is 0 Å². The second kappa shape index (κ2) is 6.84. The van der Waals surface area contributed by atoms with Gasteiger partial charge in [-0.1, -0.05) is 47.5 Å². The van der Waals surface area contributed by atoms with Gasteiger partial charge in [0.05, 0.1) is 21.8 Å². The zero-order chi connectivity index (χ0) is 19.0. The number of nitrogens with two attached hydrogens (primary N) is 2. The molecule has 6 N–H and O–H groups in total. The molecule has 1 aromatic heterocycles. The summed E-state index contributed by atoms with van der Waals surface area (Å²) in [6, 6.07) is 11.3. The van der Waals surface area contributed by atoms with Crippen molar-refractivity contribution in [2.45, 2.75) is 18.6 Å². The van der Waals surface area contributed by atoms with Gasteiger partial charge in [0.2, 0.25) is 5.79 Å². The lowest BCUT2D eigenvalue weighted by molar-refractivity contribution is 0.425. The Bertz CT molecular complexity index is 1070. The maximum absolute atomic E-state index is 6.41. The van der Waals surface area contributed by atoms with Crippen LogP contribution in [0, 0.1) is 0 Å². The molecule has 2 heterocycles. The van der Waals surface area contributed by atoms with Gasteiger partial charge in [0.25, 0.3) is 0 Å². The molecule has 0 amide bonds. The highest BCUT2D eigenvalue weighted by molar-refractivity contribution is 6.42. The molecule has 1 aliphatic heterocycles. The van der Waals surface area contributed by atoms with Crippen molar-refractivity contribution < 1.29 is 0 Å². The number of hydrogen-bond donors (Lipinski definition) is 4. The summed E-state index contributed by atoms with van der Waals surface area (Å²) in [5.41, 5.74) is 15.0. The summed E-state index contributed by atoms with van der Waals surface area (Å²) < 4.78 is 0. The Balaban J connectivity index is 1.62. The van der Waals surface area contributed by atoms with Crippen LogP contribution in [-0.2, 0) is 6.42 Å². The lowest BCUT2D eigenvalue weighted by Crippen LogP contribution is -2.50. The Labute approximate surface area is 165 Å². The molecule has 0 radical (unpaired) electrons. The predicted octanol–water partition coefficient (Wildman–Crippen LogP) is 2.78. The second-order valence-electron chi connectivity index (χ2n) is 6.35. The first-order valence-corrected chi connectivity index (χ1v) is 9.07. The van der Waals surface area contributed by atoms with Crippen molar-refractivity contribution in [1.29, 1.82) is 0 Å². The normalized spacial score (nSPS) is 19.5. The van der Waals surface area contributed by atoms with Crippen molar-refractivity contribution in [3.63, 3.8) is 0 Å². The van der Waals surface area contributed by atoms with Gasteiger partial charge in [-0.3, -0.25) is 10.8 Å². The topological polar surface area (TPSA) is 117 Å². The van der Waals surface area contributed by atoms with Crippen LogP contribution in [0.15, 0.2) is 52.6 Å². The van der Waals surface area contributed by atoms with Crippen LogP contribution in [0.2, 0.25) is 10.0 Å². The number of nitrogens with zero attached hydrogens (tertiary/aromatic N) is 3. The van der Waals surface area contributed by atoms with Crippen LogP contribution in [0.25, 0.3) is 10.9 Å². The molecule has 0 fully saturated rings. The SMILES string of the molecule is NC1=NC(N)(CCc2cccc(Cl)c2Cl)N=C(c2ccc3cn[nH]c3c2)N1. The number of amidine groups is 1. The van der Waals surface area contributed by atoms with Crippen LogP contribution < -0.4 is 16.8 Å². The summed E-state index contributed by atoms with van der Waals surface area (Å²) in [6.45, 7) is 0. The van der Waals surface area contributed by atoms with Gasteiger partial charge in [-0.15, -0.1) is 0 Å². The Morgan fingerprint density at radius 3 is 2.81 bits per heavy atom. The summed E-state index contributed by atoms with van der Waals surface area (Å²) in [5, 5.41) is 12.0. The monoisotopic (exact) mass is 401 g/mol. The molecular formula is C18H17Cl2N7. The number of nitrogens with one attached hydrogen (secondary N) is 2. The summed E-state index contributed by atoms with van der Waals surface area (Å²) >= 11 is 12.3. The number of guanidine groups is 1. The van der Waals surface area contributed by atoms with Gasteiger partial charge in [0, 0.05) is 17.4 Å². The summed E-state index contributed by atoms with van der Waals surface area (Å²) in [7, 11) is 0. The number of rotatable bonds is 4. The second-order valence-corrected chi connectivity index (χ2v) is 7.13. The molecule has 138 valence electrons. The third-order valence-electron chi connectivity index (χ3n) is 4.38. The lowest BCUT2D eigenvalue weighted by Gasteiger charge is -2.27. The number of aryl methyl sites for hydroxylation is 1.